The van der Waals surface area contributed by atoms with Crippen LogP contribution in [-0.2, 0) is 15.3 Å². The predicted octanol–water partition coefficient (Wildman–Crippen LogP) is 7.02. The summed E-state index contributed by atoms with van der Waals surface area (Å²) in [6, 6.07) is 13.0. The van der Waals surface area contributed by atoms with Crippen LogP contribution in [0.25, 0.3) is 10.9 Å². The fourth-order valence-electron chi connectivity index (χ4n) is 10.6. The van der Waals surface area contributed by atoms with E-state index in [0.29, 0.717) is 58.1 Å². The van der Waals surface area contributed by atoms with Crippen LogP contribution in [0.2, 0.25) is 0 Å². The molecule has 2 aliphatic carbocycles. The second-order valence-electron chi connectivity index (χ2n) is 18.7. The Morgan fingerprint density at radius 2 is 1.71 bits per heavy atom. The highest BCUT2D eigenvalue weighted by molar-refractivity contribution is 6.25. The zero-order valence-electron chi connectivity index (χ0n) is 35.7. The van der Waals surface area contributed by atoms with E-state index in [0.717, 1.165) is 67.5 Å². The summed E-state index contributed by atoms with van der Waals surface area (Å²) < 4.78 is 22.2. The highest BCUT2D eigenvalue weighted by atomic mass is 19.1. The van der Waals surface area contributed by atoms with Crippen LogP contribution in [0.5, 0.6) is 5.75 Å². The first-order chi connectivity index (χ1) is 29.8. The number of ether oxygens (including phenoxy) is 1. The third kappa shape index (κ3) is 8.18. The van der Waals surface area contributed by atoms with Crippen LogP contribution in [0.3, 0.4) is 0 Å². The monoisotopic (exact) mass is 846 g/mol. The first kappa shape index (κ1) is 41.6. The molecule has 4 fully saturated rings. The summed E-state index contributed by atoms with van der Waals surface area (Å²) in [5, 5.41) is 14.4. The molecule has 2 saturated carbocycles. The number of carbonyl (C=O) groups is 5. The summed E-state index contributed by atoms with van der Waals surface area (Å²) in [6.45, 7) is 6.94. The number of hydrogen-bond donors (Lipinski definition) is 3. The van der Waals surface area contributed by atoms with Crippen LogP contribution in [0.1, 0.15) is 127 Å². The van der Waals surface area contributed by atoms with E-state index in [2.05, 4.69) is 36.7 Å². The van der Waals surface area contributed by atoms with Gasteiger partial charge in [0.2, 0.25) is 11.8 Å². The number of imide groups is 2. The average molecular weight is 847 g/mol. The first-order valence-electron chi connectivity index (χ1n) is 22.1. The van der Waals surface area contributed by atoms with Gasteiger partial charge in [0.25, 0.3) is 17.7 Å². The second-order valence-corrected chi connectivity index (χ2v) is 18.7. The molecule has 2 saturated heterocycles. The number of nitrogens with zero attached hydrogens (tertiary/aromatic N) is 5. The Kier molecular flexibility index (Phi) is 11.1. The van der Waals surface area contributed by atoms with Crippen molar-refractivity contribution in [3.63, 3.8) is 0 Å². The van der Waals surface area contributed by atoms with E-state index in [1.807, 2.05) is 18.2 Å². The van der Waals surface area contributed by atoms with Gasteiger partial charge < -0.3 is 20.3 Å². The molecule has 0 bridgehead atoms. The van der Waals surface area contributed by atoms with Crippen molar-refractivity contribution in [3.05, 3.63) is 77.2 Å². The van der Waals surface area contributed by atoms with Crippen molar-refractivity contribution in [1.82, 2.24) is 29.9 Å². The van der Waals surface area contributed by atoms with Crippen molar-refractivity contribution in [2.75, 3.05) is 43.9 Å². The van der Waals surface area contributed by atoms with Crippen molar-refractivity contribution in [2.24, 2.45) is 17.3 Å². The molecule has 4 aromatic rings. The molecule has 9 rings (SSSR count). The number of fused-ring (bicyclic) bond motifs is 2. The van der Waals surface area contributed by atoms with Gasteiger partial charge in [-0.25, -0.2) is 9.37 Å². The number of anilines is 2. The van der Waals surface area contributed by atoms with E-state index in [1.165, 1.54) is 39.5 Å². The SMILES string of the molecule is COc1cc2nn(C3CCC(CN4CCC5(CC4)CC(CCNc4cccc6c4C(=O)N(C4CCC(=O)NC4=O)C6=O)C5)CC3)cc2cc1NC(=O)c1cccc(C(C)(C)F)n1. The minimum absolute atomic E-state index is 0.0925. The highest BCUT2D eigenvalue weighted by Gasteiger charge is 2.47. The maximum atomic E-state index is 14.5. The number of rotatable bonds is 12. The molecule has 0 radical (unpaired) electrons. The van der Waals surface area contributed by atoms with Gasteiger partial charge in [-0.15, -0.1) is 0 Å². The molecule has 1 spiro atoms. The Bertz CT molecular complexity index is 2420. The van der Waals surface area contributed by atoms with Crippen molar-refractivity contribution in [3.8, 4) is 5.75 Å². The summed E-state index contributed by atoms with van der Waals surface area (Å²) in [4.78, 5) is 71.9. The lowest BCUT2D eigenvalue weighted by Gasteiger charge is -2.53. The Morgan fingerprint density at radius 3 is 2.44 bits per heavy atom. The number of piperidine rings is 2. The highest BCUT2D eigenvalue weighted by Crippen LogP contribution is 2.54. The molecular formula is C47H55FN8O6. The molecule has 326 valence electrons. The summed E-state index contributed by atoms with van der Waals surface area (Å²) >= 11 is 0. The molecule has 5 heterocycles. The Balaban J connectivity index is 0.715. The summed E-state index contributed by atoms with van der Waals surface area (Å²) in [6.07, 6.45) is 12.6. The number of hydrogen-bond acceptors (Lipinski definition) is 10. The first-order valence-corrected chi connectivity index (χ1v) is 22.1. The minimum atomic E-state index is -1.67. The van der Waals surface area contributed by atoms with Crippen LogP contribution in [0.15, 0.2) is 54.7 Å². The molecule has 3 N–H and O–H groups in total. The van der Waals surface area contributed by atoms with Gasteiger partial charge in [0.05, 0.1) is 41.2 Å². The molecule has 14 nitrogen and oxygen atoms in total. The van der Waals surface area contributed by atoms with Crippen molar-refractivity contribution in [2.45, 2.75) is 102 Å². The fraction of sp³-hybridized carbons (Fsp3) is 0.511. The fourth-order valence-corrected chi connectivity index (χ4v) is 10.6. The number of halogens is 1. The number of pyridine rings is 1. The average Bonchev–Trinajstić information content (AvgIpc) is 3.77. The Hall–Kier alpha value is -5.70. The number of aromatic nitrogens is 3. The lowest BCUT2D eigenvalue weighted by atomic mass is 9.57. The third-order valence-corrected chi connectivity index (χ3v) is 14.1. The van der Waals surface area contributed by atoms with Gasteiger partial charge in [-0.3, -0.25) is 38.9 Å². The largest absolute Gasteiger partial charge is 0.494 e. The number of methoxy groups -OCH3 is 1. The molecule has 5 amide bonds. The number of benzene rings is 2. The van der Waals surface area contributed by atoms with E-state index >= 15 is 0 Å². The molecule has 15 heteroatoms. The van der Waals surface area contributed by atoms with E-state index in [-0.39, 0.29) is 30.1 Å². The topological polar surface area (TPSA) is 168 Å². The van der Waals surface area contributed by atoms with Crippen molar-refractivity contribution in [1.29, 1.82) is 0 Å². The summed E-state index contributed by atoms with van der Waals surface area (Å²) in [5.74, 6) is -0.628. The quantitative estimate of drug-likeness (QED) is 0.126. The maximum absolute atomic E-state index is 14.5. The van der Waals surface area contributed by atoms with Gasteiger partial charge in [-0.1, -0.05) is 12.1 Å². The van der Waals surface area contributed by atoms with Crippen LogP contribution < -0.4 is 20.7 Å². The van der Waals surface area contributed by atoms with E-state index in [9.17, 15) is 28.4 Å². The van der Waals surface area contributed by atoms with Crippen LogP contribution in [-0.4, -0.2) is 93.4 Å². The Labute approximate surface area is 360 Å². The number of likely N-dealkylation sites (tertiary alicyclic amines) is 1. The number of nitrogens with one attached hydrogen (secondary N) is 3. The molecule has 3 aliphatic heterocycles. The van der Waals surface area contributed by atoms with Gasteiger partial charge in [-0.2, -0.15) is 5.10 Å². The van der Waals surface area contributed by atoms with Crippen LogP contribution in [0.4, 0.5) is 15.8 Å². The van der Waals surface area contributed by atoms with Gasteiger partial charge >= 0.3 is 0 Å². The van der Waals surface area contributed by atoms with Gasteiger partial charge in [-0.05, 0) is 139 Å². The summed E-state index contributed by atoms with van der Waals surface area (Å²) in [7, 11) is 1.56. The smallest absolute Gasteiger partial charge is 0.274 e. The van der Waals surface area contributed by atoms with Gasteiger partial charge in [0.15, 0.2) is 0 Å². The molecule has 1 atom stereocenters. The zero-order valence-corrected chi connectivity index (χ0v) is 35.7. The Morgan fingerprint density at radius 1 is 0.952 bits per heavy atom. The molecule has 62 heavy (non-hydrogen) atoms. The normalized spacial score (nSPS) is 23.0. The predicted molar refractivity (Wildman–Crippen MR) is 231 cm³/mol. The maximum Gasteiger partial charge on any atom is 0.274 e. The summed E-state index contributed by atoms with van der Waals surface area (Å²) in [5.41, 5.74) is 1.61. The van der Waals surface area contributed by atoms with Gasteiger partial charge in [0, 0.05) is 42.8 Å². The second kappa shape index (κ2) is 16.5. The van der Waals surface area contributed by atoms with Crippen molar-refractivity contribution >= 4 is 51.8 Å². The third-order valence-electron chi connectivity index (χ3n) is 14.1. The minimum Gasteiger partial charge on any atom is -0.494 e. The standard InChI is InChI=1S/C47H55FN8O6/c1-46(2,48)39-9-5-8-34(50-39)42(58)51-36-22-30-27-55(53-35(30)23-38(36)62-3)31-12-10-28(11-13-31)26-54-20-17-47(18-21-54)24-29(25-47)16-19-49-33-7-4-6-32-41(33)45(61)56(44(32)60)37-14-15-40(57)52-43(37)59/h4-9,22-23,27-29,31,37,49H,10-21,24-26H2,1-3H3,(H,51,58)(H,52,57,59). The van der Waals surface area contributed by atoms with Crippen LogP contribution >= 0.6 is 0 Å². The lowest BCUT2D eigenvalue weighted by molar-refractivity contribution is -0.136. The van der Waals surface area contributed by atoms with E-state index in [1.54, 1.807) is 37.4 Å². The zero-order chi connectivity index (χ0) is 43.3. The van der Waals surface area contributed by atoms with Crippen molar-refractivity contribution < 1.29 is 33.1 Å². The molecule has 2 aromatic carbocycles. The molecule has 5 aliphatic rings. The number of amides is 5. The number of carbonyl (C=O) groups excluding carboxylic acids is 5. The van der Waals surface area contributed by atoms with E-state index < -0.39 is 35.3 Å². The molecule has 1 unspecified atom stereocenters. The molecular weight excluding hydrogens is 792 g/mol. The van der Waals surface area contributed by atoms with Gasteiger partial charge in [0.1, 0.15) is 23.2 Å². The van der Waals surface area contributed by atoms with Crippen LogP contribution in [0, 0.1) is 17.3 Å². The molecule has 2 aromatic heterocycles. The van der Waals surface area contributed by atoms with E-state index in [4.69, 9.17) is 9.84 Å². The lowest BCUT2D eigenvalue weighted by Crippen LogP contribution is -2.54. The number of alkyl halides is 1.